The van der Waals surface area contributed by atoms with Gasteiger partial charge in [0.15, 0.2) is 0 Å². The van der Waals surface area contributed by atoms with Gasteiger partial charge < -0.3 is 4.90 Å². The van der Waals surface area contributed by atoms with Crippen molar-refractivity contribution in [2.45, 2.75) is 12.8 Å². The average molecular weight is 281 g/mol. The maximum absolute atomic E-state index is 4.53. The van der Waals surface area contributed by atoms with Crippen LogP contribution < -0.4 is 4.90 Å². The number of fused-ring (bicyclic) bond motifs is 1. The Morgan fingerprint density at radius 1 is 1.00 bits per heavy atom. The van der Waals surface area contributed by atoms with E-state index in [1.54, 1.807) is 11.3 Å². The molecule has 0 amide bonds. The van der Waals surface area contributed by atoms with Crippen molar-refractivity contribution in [3.05, 3.63) is 42.7 Å². The second-order valence-corrected chi connectivity index (χ2v) is 6.20. The van der Waals surface area contributed by atoms with E-state index in [-0.39, 0.29) is 0 Å². The minimum Gasteiger partial charge on any atom is -0.341 e. The van der Waals surface area contributed by atoms with Crippen LogP contribution in [0, 0.1) is 0 Å². The molecule has 1 saturated heterocycles. The number of hydrogen-bond acceptors (Lipinski definition) is 4. The lowest BCUT2D eigenvalue weighted by Crippen LogP contribution is -2.20. The summed E-state index contributed by atoms with van der Waals surface area (Å²) in [5.74, 6) is 0.868. The Labute approximate surface area is 121 Å². The average Bonchev–Trinajstić information content (AvgIpc) is 3.17. The third-order valence-electron chi connectivity index (χ3n) is 3.74. The molecule has 1 aromatic carbocycles. The Morgan fingerprint density at radius 3 is 2.50 bits per heavy atom. The summed E-state index contributed by atoms with van der Waals surface area (Å²) in [7, 11) is 0. The Kier molecular flexibility index (Phi) is 2.89. The Bertz CT molecular complexity index is 694. The number of thiophene rings is 1. The van der Waals surface area contributed by atoms with E-state index < -0.39 is 0 Å². The molecule has 3 heterocycles. The number of benzene rings is 1. The zero-order valence-electron chi connectivity index (χ0n) is 11.1. The topological polar surface area (TPSA) is 29.0 Å². The molecule has 1 aliphatic heterocycles. The lowest BCUT2D eigenvalue weighted by molar-refractivity contribution is 0.899. The largest absolute Gasteiger partial charge is 0.341 e. The van der Waals surface area contributed by atoms with E-state index in [0.29, 0.717) is 0 Å². The van der Waals surface area contributed by atoms with E-state index >= 15 is 0 Å². The zero-order chi connectivity index (χ0) is 13.4. The molecule has 20 heavy (non-hydrogen) atoms. The molecule has 3 aromatic rings. The molecule has 3 nitrogen and oxygen atoms in total. The first-order valence-corrected chi connectivity index (χ1v) is 7.78. The van der Waals surface area contributed by atoms with Crippen molar-refractivity contribution >= 4 is 27.4 Å². The summed E-state index contributed by atoms with van der Waals surface area (Å²) in [5, 5.41) is 1.29. The molecule has 0 bridgehead atoms. The van der Waals surface area contributed by atoms with Gasteiger partial charge in [-0.25, -0.2) is 9.97 Å². The molecule has 0 saturated carbocycles. The van der Waals surface area contributed by atoms with Gasteiger partial charge in [-0.15, -0.1) is 11.3 Å². The van der Waals surface area contributed by atoms with E-state index in [9.17, 15) is 0 Å². The van der Waals surface area contributed by atoms with Crippen LogP contribution in [-0.4, -0.2) is 23.1 Å². The molecule has 4 heteroatoms. The molecule has 0 N–H and O–H groups in total. The summed E-state index contributed by atoms with van der Waals surface area (Å²) < 4.78 is 1.31. The lowest BCUT2D eigenvalue weighted by Gasteiger charge is -2.14. The van der Waals surface area contributed by atoms with Crippen LogP contribution in [0.4, 0.5) is 5.95 Å². The fraction of sp³-hybridized carbons (Fsp3) is 0.250. The van der Waals surface area contributed by atoms with Gasteiger partial charge in [-0.3, -0.25) is 0 Å². The Hall–Kier alpha value is -1.94. The minimum absolute atomic E-state index is 0.868. The van der Waals surface area contributed by atoms with Gasteiger partial charge >= 0.3 is 0 Å². The van der Waals surface area contributed by atoms with Crippen LogP contribution in [0.2, 0.25) is 0 Å². The Balaban J connectivity index is 1.67. The van der Waals surface area contributed by atoms with Crippen LogP contribution in [0.25, 0.3) is 20.5 Å². The number of nitrogens with zero attached hydrogens (tertiary/aromatic N) is 3. The summed E-state index contributed by atoms with van der Waals surface area (Å²) in [6.07, 6.45) is 6.40. The predicted molar refractivity (Wildman–Crippen MR) is 84.3 cm³/mol. The highest BCUT2D eigenvalue weighted by atomic mass is 32.1. The SMILES string of the molecule is c1ccc2sc(-c3cnc(N4CCCC4)nc3)cc2c1. The molecule has 0 atom stereocenters. The van der Waals surface area contributed by atoms with Crippen LogP contribution in [0.15, 0.2) is 42.7 Å². The molecule has 0 aliphatic carbocycles. The third kappa shape index (κ3) is 2.06. The van der Waals surface area contributed by atoms with Gasteiger partial charge in [0, 0.05) is 40.6 Å². The molecule has 1 fully saturated rings. The summed E-state index contributed by atoms with van der Waals surface area (Å²) in [4.78, 5) is 12.6. The van der Waals surface area contributed by atoms with E-state index in [1.807, 2.05) is 12.4 Å². The van der Waals surface area contributed by atoms with Crippen LogP contribution in [0.1, 0.15) is 12.8 Å². The van der Waals surface area contributed by atoms with Gasteiger partial charge in [-0.05, 0) is 30.4 Å². The van der Waals surface area contributed by atoms with Crippen molar-refractivity contribution in [1.82, 2.24) is 9.97 Å². The van der Waals surface area contributed by atoms with Crippen molar-refractivity contribution in [3.63, 3.8) is 0 Å². The van der Waals surface area contributed by atoms with Gasteiger partial charge in [0.05, 0.1) is 0 Å². The quantitative estimate of drug-likeness (QED) is 0.712. The van der Waals surface area contributed by atoms with Crippen LogP contribution in [0.5, 0.6) is 0 Å². The smallest absolute Gasteiger partial charge is 0.225 e. The molecule has 100 valence electrons. The highest BCUT2D eigenvalue weighted by molar-refractivity contribution is 7.22. The normalized spacial score (nSPS) is 15.1. The van der Waals surface area contributed by atoms with Crippen LogP contribution >= 0.6 is 11.3 Å². The standard InChI is InChI=1S/C16H15N3S/c1-2-6-14-12(5-1)9-15(20-14)13-10-17-16(18-11-13)19-7-3-4-8-19/h1-2,5-6,9-11H,3-4,7-8H2. The molecule has 0 spiro atoms. The summed E-state index contributed by atoms with van der Waals surface area (Å²) in [6, 6.07) is 10.7. The van der Waals surface area contributed by atoms with Gasteiger partial charge in [-0.1, -0.05) is 18.2 Å². The second kappa shape index (κ2) is 4.87. The number of aromatic nitrogens is 2. The molecule has 0 radical (unpaired) electrons. The third-order valence-corrected chi connectivity index (χ3v) is 4.90. The molecule has 1 aliphatic rings. The van der Waals surface area contributed by atoms with Gasteiger partial charge in [0.1, 0.15) is 0 Å². The summed E-state index contributed by atoms with van der Waals surface area (Å²) in [5.41, 5.74) is 1.11. The molecule has 0 unspecified atom stereocenters. The Morgan fingerprint density at radius 2 is 1.75 bits per heavy atom. The van der Waals surface area contributed by atoms with Gasteiger partial charge in [0.2, 0.25) is 5.95 Å². The van der Waals surface area contributed by atoms with Crippen molar-refractivity contribution in [3.8, 4) is 10.4 Å². The first kappa shape index (κ1) is 11.9. The maximum Gasteiger partial charge on any atom is 0.225 e. The van der Waals surface area contributed by atoms with E-state index in [0.717, 1.165) is 24.6 Å². The van der Waals surface area contributed by atoms with E-state index in [4.69, 9.17) is 0 Å². The van der Waals surface area contributed by atoms with Crippen LogP contribution in [0.3, 0.4) is 0 Å². The van der Waals surface area contributed by atoms with Gasteiger partial charge in [0.25, 0.3) is 0 Å². The minimum atomic E-state index is 0.868. The molecular weight excluding hydrogens is 266 g/mol. The molecule has 2 aromatic heterocycles. The second-order valence-electron chi connectivity index (χ2n) is 5.11. The first-order valence-electron chi connectivity index (χ1n) is 6.96. The number of anilines is 1. The zero-order valence-corrected chi connectivity index (χ0v) is 11.9. The summed E-state index contributed by atoms with van der Waals surface area (Å²) in [6.45, 7) is 2.17. The first-order chi connectivity index (χ1) is 9.90. The maximum atomic E-state index is 4.53. The van der Waals surface area contributed by atoms with Crippen molar-refractivity contribution in [2.75, 3.05) is 18.0 Å². The number of rotatable bonds is 2. The van der Waals surface area contributed by atoms with Gasteiger partial charge in [-0.2, -0.15) is 0 Å². The fourth-order valence-corrected chi connectivity index (χ4v) is 3.69. The summed E-state index contributed by atoms with van der Waals surface area (Å²) >= 11 is 1.79. The number of hydrogen-bond donors (Lipinski definition) is 0. The fourth-order valence-electron chi connectivity index (χ4n) is 2.65. The van der Waals surface area contributed by atoms with E-state index in [2.05, 4.69) is 45.2 Å². The predicted octanol–water partition coefficient (Wildman–Crippen LogP) is 3.96. The lowest BCUT2D eigenvalue weighted by atomic mass is 10.2. The highest BCUT2D eigenvalue weighted by Crippen LogP contribution is 2.33. The molecule has 4 rings (SSSR count). The van der Waals surface area contributed by atoms with Crippen LogP contribution in [-0.2, 0) is 0 Å². The van der Waals surface area contributed by atoms with Crippen molar-refractivity contribution in [1.29, 1.82) is 0 Å². The van der Waals surface area contributed by atoms with E-state index in [1.165, 1.54) is 27.8 Å². The molecular formula is C16H15N3S. The monoisotopic (exact) mass is 281 g/mol. The highest BCUT2D eigenvalue weighted by Gasteiger charge is 2.14. The van der Waals surface area contributed by atoms with Crippen molar-refractivity contribution < 1.29 is 0 Å². The van der Waals surface area contributed by atoms with Crippen molar-refractivity contribution in [2.24, 2.45) is 0 Å².